The van der Waals surface area contributed by atoms with Gasteiger partial charge in [0.15, 0.2) is 0 Å². The lowest BCUT2D eigenvalue weighted by molar-refractivity contribution is 0.559. The van der Waals surface area contributed by atoms with E-state index >= 15 is 0 Å². The zero-order chi connectivity index (χ0) is 15.5. The van der Waals surface area contributed by atoms with E-state index < -0.39 is 8.32 Å². The normalized spacial score (nSPS) is 12.3. The standard InChI is InChI=1S/C16H21N3OSi/c1-12-16(18-11-10-17-12)13(2)19-14-8-6-7-9-15(14)20-21(3,4)5/h6-11H,1-5H3. The third kappa shape index (κ3) is 4.22. The highest BCUT2D eigenvalue weighted by Crippen LogP contribution is 2.29. The Morgan fingerprint density at radius 1 is 1.10 bits per heavy atom. The van der Waals surface area contributed by atoms with Crippen LogP contribution in [-0.4, -0.2) is 24.0 Å². The molecule has 1 heterocycles. The molecule has 2 aromatic rings. The van der Waals surface area contributed by atoms with Gasteiger partial charge in [-0.15, -0.1) is 0 Å². The molecule has 1 aromatic carbocycles. The van der Waals surface area contributed by atoms with Crippen molar-refractivity contribution in [3.63, 3.8) is 0 Å². The number of benzene rings is 1. The molecular formula is C16H21N3OSi. The van der Waals surface area contributed by atoms with Crippen LogP contribution < -0.4 is 4.43 Å². The van der Waals surface area contributed by atoms with Gasteiger partial charge in [0.1, 0.15) is 17.1 Å². The molecule has 5 heteroatoms. The number of aryl methyl sites for hydroxylation is 1. The fourth-order valence-corrected chi connectivity index (χ4v) is 2.79. The zero-order valence-corrected chi connectivity index (χ0v) is 14.2. The summed E-state index contributed by atoms with van der Waals surface area (Å²) in [5.41, 5.74) is 3.37. The molecule has 0 atom stereocenters. The summed E-state index contributed by atoms with van der Waals surface area (Å²) >= 11 is 0. The maximum atomic E-state index is 6.10. The molecule has 4 nitrogen and oxygen atoms in total. The van der Waals surface area contributed by atoms with Gasteiger partial charge in [-0.1, -0.05) is 12.1 Å². The van der Waals surface area contributed by atoms with E-state index in [-0.39, 0.29) is 0 Å². The Morgan fingerprint density at radius 3 is 2.43 bits per heavy atom. The van der Waals surface area contributed by atoms with Crippen LogP contribution in [0.15, 0.2) is 41.7 Å². The second-order valence-electron chi connectivity index (χ2n) is 5.87. The van der Waals surface area contributed by atoms with Crippen molar-refractivity contribution in [2.45, 2.75) is 33.5 Å². The summed E-state index contributed by atoms with van der Waals surface area (Å²) < 4.78 is 6.10. The predicted molar refractivity (Wildman–Crippen MR) is 89.1 cm³/mol. The molecule has 0 bridgehead atoms. The van der Waals surface area contributed by atoms with Crippen LogP contribution in [0.2, 0.25) is 19.6 Å². The Morgan fingerprint density at radius 2 is 1.76 bits per heavy atom. The van der Waals surface area contributed by atoms with E-state index in [4.69, 9.17) is 4.43 Å². The molecule has 0 spiro atoms. The van der Waals surface area contributed by atoms with Gasteiger partial charge in [-0.25, -0.2) is 4.99 Å². The first-order chi connectivity index (χ1) is 9.87. The molecule has 0 aliphatic rings. The quantitative estimate of drug-likeness (QED) is 0.629. The minimum absolute atomic E-state index is 0.820. The van der Waals surface area contributed by atoms with Gasteiger partial charge < -0.3 is 4.43 Å². The van der Waals surface area contributed by atoms with Gasteiger partial charge in [0.05, 0.1) is 11.4 Å². The zero-order valence-electron chi connectivity index (χ0n) is 13.2. The summed E-state index contributed by atoms with van der Waals surface area (Å²) in [5.74, 6) is 0.831. The van der Waals surface area contributed by atoms with Crippen LogP contribution in [-0.2, 0) is 0 Å². The van der Waals surface area contributed by atoms with Gasteiger partial charge in [-0.05, 0) is 45.6 Å². The SMILES string of the molecule is CC(=Nc1ccccc1O[Si](C)(C)C)c1nccnc1C. The summed E-state index contributed by atoms with van der Waals surface area (Å²) in [6.07, 6.45) is 3.38. The van der Waals surface area contributed by atoms with Gasteiger partial charge in [-0.3, -0.25) is 9.97 Å². The second kappa shape index (κ2) is 6.18. The van der Waals surface area contributed by atoms with Crippen LogP contribution in [0.4, 0.5) is 5.69 Å². The Kier molecular flexibility index (Phi) is 4.52. The summed E-state index contributed by atoms with van der Waals surface area (Å²) in [4.78, 5) is 13.3. The average molecular weight is 299 g/mol. The van der Waals surface area contributed by atoms with E-state index in [1.807, 2.05) is 38.1 Å². The van der Waals surface area contributed by atoms with Crippen LogP contribution in [0.25, 0.3) is 0 Å². The highest BCUT2D eigenvalue weighted by atomic mass is 28.4. The Balaban J connectivity index is 2.39. The lowest BCUT2D eigenvalue weighted by atomic mass is 10.2. The number of hydrogen-bond donors (Lipinski definition) is 0. The number of para-hydroxylation sites is 2. The van der Waals surface area contributed by atoms with E-state index in [1.54, 1.807) is 12.4 Å². The van der Waals surface area contributed by atoms with Crippen molar-refractivity contribution in [2.75, 3.05) is 0 Å². The molecule has 2 rings (SSSR count). The summed E-state index contributed by atoms with van der Waals surface area (Å²) in [7, 11) is -1.67. The average Bonchev–Trinajstić information content (AvgIpc) is 2.40. The van der Waals surface area contributed by atoms with Gasteiger partial charge >= 0.3 is 0 Å². The molecule has 0 saturated heterocycles. The van der Waals surface area contributed by atoms with Crippen molar-refractivity contribution in [2.24, 2.45) is 4.99 Å². The first kappa shape index (κ1) is 15.4. The summed E-state index contributed by atoms with van der Waals surface area (Å²) in [6.45, 7) is 10.4. The fraction of sp³-hybridized carbons (Fsp3) is 0.312. The van der Waals surface area contributed by atoms with E-state index in [0.717, 1.165) is 28.5 Å². The Labute approximate surface area is 127 Å². The van der Waals surface area contributed by atoms with Crippen LogP contribution in [0.5, 0.6) is 5.75 Å². The van der Waals surface area contributed by atoms with Crippen LogP contribution in [0.3, 0.4) is 0 Å². The van der Waals surface area contributed by atoms with Gasteiger partial charge in [0.25, 0.3) is 0 Å². The Hall–Kier alpha value is -2.01. The van der Waals surface area contributed by atoms with Crippen molar-refractivity contribution in [1.29, 1.82) is 0 Å². The molecular weight excluding hydrogens is 278 g/mol. The smallest absolute Gasteiger partial charge is 0.242 e. The maximum absolute atomic E-state index is 6.10. The van der Waals surface area contributed by atoms with Gasteiger partial charge in [0, 0.05) is 12.4 Å². The largest absolute Gasteiger partial charge is 0.543 e. The first-order valence-corrected chi connectivity index (χ1v) is 10.4. The van der Waals surface area contributed by atoms with Crippen LogP contribution in [0.1, 0.15) is 18.3 Å². The lowest BCUT2D eigenvalue weighted by Crippen LogP contribution is -2.29. The van der Waals surface area contributed by atoms with Crippen molar-refractivity contribution in [3.8, 4) is 5.75 Å². The maximum Gasteiger partial charge on any atom is 0.242 e. The lowest BCUT2D eigenvalue weighted by Gasteiger charge is -2.20. The number of nitrogens with zero attached hydrogens (tertiary/aromatic N) is 3. The minimum atomic E-state index is -1.67. The van der Waals surface area contributed by atoms with Crippen molar-refractivity contribution >= 4 is 19.7 Å². The van der Waals surface area contributed by atoms with E-state index in [0.29, 0.717) is 0 Å². The van der Waals surface area contributed by atoms with Gasteiger partial charge in [-0.2, -0.15) is 0 Å². The molecule has 0 amide bonds. The third-order valence-corrected chi connectivity index (χ3v) is 3.63. The highest BCUT2D eigenvalue weighted by Gasteiger charge is 2.18. The molecule has 110 valence electrons. The van der Waals surface area contributed by atoms with Crippen LogP contribution >= 0.6 is 0 Å². The van der Waals surface area contributed by atoms with E-state index in [2.05, 4.69) is 34.6 Å². The number of aliphatic imine (C=N–C) groups is 1. The molecule has 21 heavy (non-hydrogen) atoms. The first-order valence-electron chi connectivity index (χ1n) is 6.98. The third-order valence-electron chi connectivity index (χ3n) is 2.79. The molecule has 1 aromatic heterocycles. The summed E-state index contributed by atoms with van der Waals surface area (Å²) in [6, 6.07) is 7.86. The topological polar surface area (TPSA) is 47.4 Å². The molecule has 0 N–H and O–H groups in total. The monoisotopic (exact) mass is 299 g/mol. The fourth-order valence-electron chi connectivity index (χ4n) is 1.96. The van der Waals surface area contributed by atoms with Crippen LogP contribution in [0, 0.1) is 6.92 Å². The van der Waals surface area contributed by atoms with Crippen molar-refractivity contribution in [1.82, 2.24) is 9.97 Å². The van der Waals surface area contributed by atoms with Crippen molar-refractivity contribution < 1.29 is 4.43 Å². The molecule has 0 aliphatic carbocycles. The minimum Gasteiger partial charge on any atom is -0.543 e. The van der Waals surface area contributed by atoms with E-state index in [9.17, 15) is 0 Å². The number of rotatable bonds is 4. The molecule has 0 unspecified atom stereocenters. The highest BCUT2D eigenvalue weighted by molar-refractivity contribution is 6.70. The molecule has 0 aliphatic heterocycles. The summed E-state index contributed by atoms with van der Waals surface area (Å²) in [5, 5.41) is 0. The predicted octanol–water partition coefficient (Wildman–Crippen LogP) is 4.14. The molecule has 0 fully saturated rings. The number of aromatic nitrogens is 2. The van der Waals surface area contributed by atoms with E-state index in [1.165, 1.54) is 0 Å². The van der Waals surface area contributed by atoms with Gasteiger partial charge in [0.2, 0.25) is 8.32 Å². The second-order valence-corrected chi connectivity index (χ2v) is 10.3. The Bertz CT molecular complexity index is 663. The number of hydrogen-bond acceptors (Lipinski definition) is 4. The molecule has 0 saturated carbocycles. The van der Waals surface area contributed by atoms with Crippen molar-refractivity contribution in [3.05, 3.63) is 48.0 Å². The molecule has 0 radical (unpaired) electrons.